The highest BCUT2D eigenvalue weighted by Crippen LogP contribution is 2.16. The van der Waals surface area contributed by atoms with Gasteiger partial charge in [-0.1, -0.05) is 25.1 Å². The summed E-state index contributed by atoms with van der Waals surface area (Å²) in [6.07, 6.45) is 0.869. The Labute approximate surface area is 123 Å². The van der Waals surface area contributed by atoms with Crippen LogP contribution in [-0.2, 0) is 9.53 Å². The van der Waals surface area contributed by atoms with Crippen LogP contribution < -0.4 is 10.5 Å². The SMILES string of the molecule is CCCN(CC(=O)OCC)c1cc2ccccc2c(=O)[nH]1. The molecule has 112 valence electrons. The van der Waals surface area contributed by atoms with E-state index in [0.29, 0.717) is 24.4 Å². The molecule has 0 bridgehead atoms. The molecule has 0 saturated carbocycles. The number of nitrogens with one attached hydrogen (secondary N) is 1. The molecule has 0 aliphatic heterocycles. The number of hydrogen-bond acceptors (Lipinski definition) is 4. The van der Waals surface area contributed by atoms with Crippen molar-refractivity contribution >= 4 is 22.6 Å². The highest BCUT2D eigenvalue weighted by atomic mass is 16.5. The van der Waals surface area contributed by atoms with E-state index in [0.717, 1.165) is 11.8 Å². The van der Waals surface area contributed by atoms with Gasteiger partial charge < -0.3 is 14.6 Å². The molecule has 0 aliphatic carbocycles. The predicted molar refractivity (Wildman–Crippen MR) is 83.7 cm³/mol. The fourth-order valence-electron chi connectivity index (χ4n) is 2.28. The number of carbonyl (C=O) groups is 1. The minimum absolute atomic E-state index is 0.135. The van der Waals surface area contributed by atoms with Gasteiger partial charge in [0.05, 0.1) is 6.61 Å². The predicted octanol–water partition coefficient (Wildman–Crippen LogP) is 2.31. The zero-order valence-electron chi connectivity index (χ0n) is 12.4. The van der Waals surface area contributed by atoms with Gasteiger partial charge >= 0.3 is 5.97 Å². The van der Waals surface area contributed by atoms with Gasteiger partial charge in [-0.2, -0.15) is 0 Å². The number of benzene rings is 1. The Kier molecular flexibility index (Phi) is 4.98. The third-order valence-electron chi connectivity index (χ3n) is 3.20. The molecule has 5 heteroatoms. The third-order valence-corrected chi connectivity index (χ3v) is 3.20. The first-order valence-electron chi connectivity index (χ1n) is 7.18. The second-order valence-electron chi connectivity index (χ2n) is 4.80. The van der Waals surface area contributed by atoms with E-state index in [9.17, 15) is 9.59 Å². The molecule has 0 fully saturated rings. The quantitative estimate of drug-likeness (QED) is 0.829. The molecular formula is C16H20N2O3. The average molecular weight is 288 g/mol. The van der Waals surface area contributed by atoms with E-state index in [1.165, 1.54) is 0 Å². The van der Waals surface area contributed by atoms with Crippen molar-refractivity contribution in [2.24, 2.45) is 0 Å². The van der Waals surface area contributed by atoms with E-state index in [1.807, 2.05) is 36.1 Å². The number of esters is 1. The van der Waals surface area contributed by atoms with Gasteiger partial charge in [0.2, 0.25) is 0 Å². The van der Waals surface area contributed by atoms with Crippen molar-refractivity contribution < 1.29 is 9.53 Å². The third kappa shape index (κ3) is 3.62. The zero-order chi connectivity index (χ0) is 15.2. The maximum Gasteiger partial charge on any atom is 0.325 e. The van der Waals surface area contributed by atoms with Gasteiger partial charge in [0.15, 0.2) is 0 Å². The molecule has 0 atom stereocenters. The lowest BCUT2D eigenvalue weighted by Crippen LogP contribution is -2.33. The molecule has 0 unspecified atom stereocenters. The lowest BCUT2D eigenvalue weighted by Gasteiger charge is -2.22. The first kappa shape index (κ1) is 15.1. The summed E-state index contributed by atoms with van der Waals surface area (Å²) in [5, 5.41) is 1.51. The van der Waals surface area contributed by atoms with Crippen LogP contribution in [0.25, 0.3) is 10.8 Å². The topological polar surface area (TPSA) is 62.4 Å². The molecule has 0 radical (unpaired) electrons. The van der Waals surface area contributed by atoms with E-state index in [-0.39, 0.29) is 18.1 Å². The van der Waals surface area contributed by atoms with Crippen LogP contribution in [0.4, 0.5) is 5.82 Å². The summed E-state index contributed by atoms with van der Waals surface area (Å²) in [5.41, 5.74) is -0.145. The molecule has 1 heterocycles. The Balaban J connectivity index is 2.35. The van der Waals surface area contributed by atoms with Crippen LogP contribution in [0.5, 0.6) is 0 Å². The molecule has 2 aromatic rings. The van der Waals surface area contributed by atoms with Crippen LogP contribution in [0.1, 0.15) is 20.3 Å². The molecule has 0 amide bonds. The Morgan fingerprint density at radius 2 is 2.05 bits per heavy atom. The van der Waals surface area contributed by atoms with E-state index >= 15 is 0 Å². The molecule has 2 rings (SSSR count). The number of aromatic amines is 1. The van der Waals surface area contributed by atoms with E-state index in [2.05, 4.69) is 4.98 Å². The zero-order valence-corrected chi connectivity index (χ0v) is 12.4. The maximum atomic E-state index is 12.1. The van der Waals surface area contributed by atoms with Crippen molar-refractivity contribution in [2.45, 2.75) is 20.3 Å². The number of ether oxygens (including phenoxy) is 1. The average Bonchev–Trinajstić information content (AvgIpc) is 2.47. The molecular weight excluding hydrogens is 268 g/mol. The van der Waals surface area contributed by atoms with Crippen LogP contribution in [-0.4, -0.2) is 30.6 Å². The summed E-state index contributed by atoms with van der Waals surface area (Å²) in [6.45, 7) is 4.97. The Morgan fingerprint density at radius 3 is 2.76 bits per heavy atom. The lowest BCUT2D eigenvalue weighted by atomic mass is 10.1. The van der Waals surface area contributed by atoms with Gasteiger partial charge in [0.1, 0.15) is 12.4 Å². The number of rotatable bonds is 6. The number of nitrogens with zero attached hydrogens (tertiary/aromatic N) is 1. The number of aromatic nitrogens is 1. The highest BCUT2D eigenvalue weighted by molar-refractivity contribution is 5.84. The first-order valence-corrected chi connectivity index (χ1v) is 7.18. The number of hydrogen-bond donors (Lipinski definition) is 1. The number of pyridine rings is 1. The van der Waals surface area contributed by atoms with E-state index in [4.69, 9.17) is 4.74 Å². The van der Waals surface area contributed by atoms with E-state index < -0.39 is 0 Å². The minimum atomic E-state index is -0.292. The largest absolute Gasteiger partial charge is 0.465 e. The highest BCUT2D eigenvalue weighted by Gasteiger charge is 2.13. The summed E-state index contributed by atoms with van der Waals surface area (Å²) in [5.74, 6) is 0.355. The number of H-pyrrole nitrogens is 1. The Morgan fingerprint density at radius 1 is 1.29 bits per heavy atom. The van der Waals surface area contributed by atoms with Crippen molar-refractivity contribution in [1.82, 2.24) is 4.98 Å². The van der Waals surface area contributed by atoms with Crippen molar-refractivity contribution in [3.05, 3.63) is 40.7 Å². The van der Waals surface area contributed by atoms with Crippen molar-refractivity contribution in [3.63, 3.8) is 0 Å². The lowest BCUT2D eigenvalue weighted by molar-refractivity contribution is -0.141. The molecule has 0 aliphatic rings. The second kappa shape index (κ2) is 6.92. The first-order chi connectivity index (χ1) is 10.2. The van der Waals surface area contributed by atoms with Crippen LogP contribution in [0.15, 0.2) is 35.1 Å². The van der Waals surface area contributed by atoms with Gasteiger partial charge in [-0.25, -0.2) is 0 Å². The van der Waals surface area contributed by atoms with Gasteiger partial charge in [0.25, 0.3) is 5.56 Å². The summed E-state index contributed by atoms with van der Waals surface area (Å²) in [4.78, 5) is 28.5. The van der Waals surface area contributed by atoms with Crippen LogP contribution in [0.3, 0.4) is 0 Å². The standard InChI is InChI=1S/C16H20N2O3/c1-3-9-18(11-15(19)21-4-2)14-10-12-7-5-6-8-13(12)16(20)17-14/h5-8,10H,3-4,9,11H2,1-2H3,(H,17,20). The Bertz CT molecular complexity index is 679. The van der Waals surface area contributed by atoms with Crippen molar-refractivity contribution in [1.29, 1.82) is 0 Å². The van der Waals surface area contributed by atoms with Crippen molar-refractivity contribution in [2.75, 3.05) is 24.6 Å². The summed E-state index contributed by atoms with van der Waals surface area (Å²) >= 11 is 0. The number of carbonyl (C=O) groups excluding carboxylic acids is 1. The normalized spacial score (nSPS) is 10.6. The van der Waals surface area contributed by atoms with Crippen LogP contribution in [0, 0.1) is 0 Å². The molecule has 0 spiro atoms. The second-order valence-corrected chi connectivity index (χ2v) is 4.80. The summed E-state index contributed by atoms with van der Waals surface area (Å²) in [7, 11) is 0. The fourth-order valence-corrected chi connectivity index (χ4v) is 2.28. The molecule has 1 N–H and O–H groups in total. The monoisotopic (exact) mass is 288 g/mol. The number of fused-ring (bicyclic) bond motifs is 1. The van der Waals surface area contributed by atoms with Crippen LogP contribution in [0.2, 0.25) is 0 Å². The smallest absolute Gasteiger partial charge is 0.325 e. The molecule has 21 heavy (non-hydrogen) atoms. The molecule has 5 nitrogen and oxygen atoms in total. The van der Waals surface area contributed by atoms with Gasteiger partial charge in [-0.3, -0.25) is 9.59 Å². The Hall–Kier alpha value is -2.30. The maximum absolute atomic E-state index is 12.1. The minimum Gasteiger partial charge on any atom is -0.465 e. The van der Waals surface area contributed by atoms with Gasteiger partial charge in [0, 0.05) is 11.9 Å². The molecule has 0 saturated heterocycles. The van der Waals surface area contributed by atoms with Crippen molar-refractivity contribution in [3.8, 4) is 0 Å². The molecule has 1 aromatic carbocycles. The van der Waals surface area contributed by atoms with Gasteiger partial charge in [-0.15, -0.1) is 0 Å². The van der Waals surface area contributed by atoms with E-state index in [1.54, 1.807) is 13.0 Å². The summed E-state index contributed by atoms with van der Waals surface area (Å²) in [6, 6.07) is 9.29. The fraction of sp³-hybridized carbons (Fsp3) is 0.375. The number of anilines is 1. The van der Waals surface area contributed by atoms with Gasteiger partial charge in [-0.05, 0) is 30.9 Å². The molecule has 1 aromatic heterocycles. The summed E-state index contributed by atoms with van der Waals surface area (Å²) < 4.78 is 4.99. The van der Waals surface area contributed by atoms with Crippen LogP contribution >= 0.6 is 0 Å².